The van der Waals surface area contributed by atoms with Gasteiger partial charge >= 0.3 is 11.6 Å². The molecule has 0 N–H and O–H groups in total. The molecule has 1 aromatic carbocycles. The average Bonchev–Trinajstić information content (AvgIpc) is 2.35. The number of benzene rings is 1. The summed E-state index contributed by atoms with van der Waals surface area (Å²) in [6, 6.07) is 3.49. The Labute approximate surface area is 128 Å². The number of nitrogens with zero attached hydrogens (tertiary/aromatic N) is 3. The zero-order valence-corrected chi connectivity index (χ0v) is 12.9. The lowest BCUT2D eigenvalue weighted by Crippen LogP contribution is -1.99. The Kier molecular flexibility index (Phi) is 4.20. The molecule has 2 aromatic rings. The number of halogens is 2. The third-order valence-corrected chi connectivity index (χ3v) is 4.08. The van der Waals surface area contributed by atoms with E-state index in [1.165, 1.54) is 0 Å². The molecular weight excluding hydrogens is 350 g/mol. The van der Waals surface area contributed by atoms with E-state index in [2.05, 4.69) is 25.9 Å². The summed E-state index contributed by atoms with van der Waals surface area (Å²) in [7, 11) is 0. The fourth-order valence-electron chi connectivity index (χ4n) is 1.65. The minimum Gasteiger partial charge on any atom is -0.434 e. The van der Waals surface area contributed by atoms with Gasteiger partial charge in [-0.2, -0.15) is 4.98 Å². The number of nitro groups is 1. The van der Waals surface area contributed by atoms with Crippen LogP contribution >= 0.6 is 27.5 Å². The third kappa shape index (κ3) is 2.88. The predicted molar refractivity (Wildman–Crippen MR) is 77.4 cm³/mol. The highest BCUT2D eigenvalue weighted by molar-refractivity contribution is 9.10. The number of hydrogen-bond donors (Lipinski definition) is 0. The van der Waals surface area contributed by atoms with Gasteiger partial charge in [0.1, 0.15) is 12.1 Å². The highest BCUT2D eigenvalue weighted by Gasteiger charge is 2.23. The van der Waals surface area contributed by atoms with E-state index in [0.29, 0.717) is 5.75 Å². The molecule has 1 heterocycles. The molecule has 6 nitrogen and oxygen atoms in total. The molecule has 0 aliphatic carbocycles. The SMILES string of the molecule is Cc1cc(Oc2ncnc(Cl)c2[N+](=O)[O-])cc(C)c1Br. The quantitative estimate of drug-likeness (QED) is 0.466. The summed E-state index contributed by atoms with van der Waals surface area (Å²) >= 11 is 9.14. The molecule has 0 saturated carbocycles. The lowest BCUT2D eigenvalue weighted by molar-refractivity contribution is -0.386. The molecule has 2 rings (SSSR count). The van der Waals surface area contributed by atoms with Gasteiger partial charge in [-0.15, -0.1) is 0 Å². The van der Waals surface area contributed by atoms with Gasteiger partial charge in [0, 0.05) is 4.47 Å². The van der Waals surface area contributed by atoms with Gasteiger partial charge in [-0.1, -0.05) is 27.5 Å². The standard InChI is InChI=1S/C12H9BrClN3O3/c1-6-3-8(4-7(2)9(6)13)20-12-10(17(18)19)11(14)15-5-16-12/h3-5H,1-2H3. The number of ether oxygens (including phenoxy) is 1. The van der Waals surface area contributed by atoms with E-state index in [4.69, 9.17) is 16.3 Å². The maximum atomic E-state index is 11.0. The van der Waals surface area contributed by atoms with Crippen molar-refractivity contribution in [3.8, 4) is 11.6 Å². The number of aryl methyl sites for hydroxylation is 2. The van der Waals surface area contributed by atoms with Crippen LogP contribution in [0.5, 0.6) is 11.6 Å². The van der Waals surface area contributed by atoms with Gasteiger partial charge in [-0.05, 0) is 37.1 Å². The molecule has 0 bridgehead atoms. The second-order valence-corrected chi connectivity index (χ2v) is 5.20. The largest absolute Gasteiger partial charge is 0.434 e. The molecule has 0 aliphatic rings. The normalized spacial score (nSPS) is 10.4. The van der Waals surface area contributed by atoms with Crippen LogP contribution in [-0.4, -0.2) is 14.9 Å². The number of rotatable bonds is 3. The van der Waals surface area contributed by atoms with Gasteiger partial charge in [0.2, 0.25) is 5.15 Å². The number of hydrogen-bond acceptors (Lipinski definition) is 5. The molecule has 0 radical (unpaired) electrons. The highest BCUT2D eigenvalue weighted by Crippen LogP contribution is 2.35. The van der Waals surface area contributed by atoms with Crippen molar-refractivity contribution >= 4 is 33.2 Å². The molecule has 0 amide bonds. The summed E-state index contributed by atoms with van der Waals surface area (Å²) in [4.78, 5) is 17.6. The van der Waals surface area contributed by atoms with E-state index in [9.17, 15) is 10.1 Å². The fraction of sp³-hybridized carbons (Fsp3) is 0.167. The smallest absolute Gasteiger partial charge is 0.368 e. The molecule has 8 heteroatoms. The first-order valence-corrected chi connectivity index (χ1v) is 6.66. The predicted octanol–water partition coefficient (Wildman–Crippen LogP) is 4.21. The van der Waals surface area contributed by atoms with Crippen molar-refractivity contribution in [3.05, 3.63) is 49.3 Å². The zero-order chi connectivity index (χ0) is 14.9. The lowest BCUT2D eigenvalue weighted by atomic mass is 10.1. The molecule has 104 valence electrons. The first-order chi connectivity index (χ1) is 9.40. The summed E-state index contributed by atoms with van der Waals surface area (Å²) in [5.74, 6) is 0.261. The number of aromatic nitrogens is 2. The molecule has 0 fully saturated rings. The molecule has 1 aromatic heterocycles. The summed E-state index contributed by atoms with van der Waals surface area (Å²) < 4.78 is 6.43. The Morgan fingerprint density at radius 2 is 1.90 bits per heavy atom. The van der Waals surface area contributed by atoms with Gasteiger partial charge in [0.25, 0.3) is 0 Å². The van der Waals surface area contributed by atoms with Crippen LogP contribution in [0.1, 0.15) is 11.1 Å². The summed E-state index contributed by atoms with van der Waals surface area (Å²) in [6.45, 7) is 3.79. The van der Waals surface area contributed by atoms with Crippen molar-refractivity contribution < 1.29 is 9.66 Å². The summed E-state index contributed by atoms with van der Waals surface area (Å²) in [5, 5.41) is 10.7. The van der Waals surface area contributed by atoms with Gasteiger partial charge in [0.15, 0.2) is 0 Å². The third-order valence-electron chi connectivity index (χ3n) is 2.55. The molecule has 0 aliphatic heterocycles. The molecule has 0 atom stereocenters. The minimum atomic E-state index is -0.670. The molecule has 0 saturated heterocycles. The Bertz CT molecular complexity index is 671. The Morgan fingerprint density at radius 3 is 2.45 bits per heavy atom. The van der Waals surface area contributed by atoms with Crippen molar-refractivity contribution in [2.45, 2.75) is 13.8 Å². The van der Waals surface area contributed by atoms with E-state index in [1.54, 1.807) is 12.1 Å². The molecular formula is C12H9BrClN3O3. The summed E-state index contributed by atoms with van der Waals surface area (Å²) in [5.41, 5.74) is 1.44. The first kappa shape index (κ1) is 14.7. The maximum absolute atomic E-state index is 11.0. The summed E-state index contributed by atoms with van der Waals surface area (Å²) in [6.07, 6.45) is 1.11. The monoisotopic (exact) mass is 357 g/mol. The maximum Gasteiger partial charge on any atom is 0.368 e. The van der Waals surface area contributed by atoms with Crippen molar-refractivity contribution in [1.82, 2.24) is 9.97 Å². The Hall–Kier alpha value is -1.73. The molecule has 0 unspecified atom stereocenters. The zero-order valence-electron chi connectivity index (χ0n) is 10.6. The highest BCUT2D eigenvalue weighted by atomic mass is 79.9. The van der Waals surface area contributed by atoms with Crippen LogP contribution in [0.4, 0.5) is 5.69 Å². The van der Waals surface area contributed by atoms with Crippen LogP contribution in [0, 0.1) is 24.0 Å². The van der Waals surface area contributed by atoms with Gasteiger partial charge in [0.05, 0.1) is 4.92 Å². The van der Waals surface area contributed by atoms with Gasteiger partial charge in [-0.25, -0.2) is 4.98 Å². The Balaban J connectivity index is 2.45. The van der Waals surface area contributed by atoms with Crippen LogP contribution in [-0.2, 0) is 0 Å². The van der Waals surface area contributed by atoms with Crippen LogP contribution in [0.25, 0.3) is 0 Å². The molecule has 20 heavy (non-hydrogen) atoms. The van der Waals surface area contributed by atoms with Gasteiger partial charge < -0.3 is 4.74 Å². The lowest BCUT2D eigenvalue weighted by Gasteiger charge is -2.09. The van der Waals surface area contributed by atoms with Crippen LogP contribution in [0.3, 0.4) is 0 Å². The van der Waals surface area contributed by atoms with Crippen LogP contribution in [0.2, 0.25) is 5.15 Å². The molecule has 0 spiro atoms. The van der Waals surface area contributed by atoms with Crippen molar-refractivity contribution in [2.24, 2.45) is 0 Å². The van der Waals surface area contributed by atoms with E-state index in [0.717, 1.165) is 21.9 Å². The van der Waals surface area contributed by atoms with Crippen molar-refractivity contribution in [1.29, 1.82) is 0 Å². The second kappa shape index (κ2) is 5.72. The van der Waals surface area contributed by atoms with E-state index in [-0.39, 0.29) is 11.0 Å². The van der Waals surface area contributed by atoms with Crippen molar-refractivity contribution in [3.63, 3.8) is 0 Å². The van der Waals surface area contributed by atoms with Crippen molar-refractivity contribution in [2.75, 3.05) is 0 Å². The van der Waals surface area contributed by atoms with E-state index < -0.39 is 10.6 Å². The minimum absolute atomic E-state index is 0.184. The van der Waals surface area contributed by atoms with E-state index >= 15 is 0 Å². The second-order valence-electron chi connectivity index (χ2n) is 4.05. The fourth-order valence-corrected chi connectivity index (χ4v) is 2.07. The first-order valence-electron chi connectivity index (χ1n) is 5.49. The average molecular weight is 359 g/mol. The van der Waals surface area contributed by atoms with Crippen LogP contribution < -0.4 is 4.74 Å². The van der Waals surface area contributed by atoms with Crippen LogP contribution in [0.15, 0.2) is 22.9 Å². The van der Waals surface area contributed by atoms with Gasteiger partial charge in [-0.3, -0.25) is 10.1 Å². The topological polar surface area (TPSA) is 78.2 Å². The van der Waals surface area contributed by atoms with E-state index in [1.807, 2.05) is 13.8 Å². The Morgan fingerprint density at radius 1 is 1.30 bits per heavy atom.